The predicted octanol–water partition coefficient (Wildman–Crippen LogP) is 5.74. The Hall–Kier alpha value is -1.85. The van der Waals surface area contributed by atoms with Gasteiger partial charge in [0.25, 0.3) is 0 Å². The van der Waals surface area contributed by atoms with Gasteiger partial charge >= 0.3 is 0 Å². The minimum absolute atomic E-state index is 0.432. The van der Waals surface area contributed by atoms with Crippen molar-refractivity contribution in [1.29, 1.82) is 5.26 Å². The first kappa shape index (κ1) is 18.5. The van der Waals surface area contributed by atoms with Gasteiger partial charge in [-0.05, 0) is 62.0 Å². The van der Waals surface area contributed by atoms with Crippen LogP contribution >= 0.6 is 0 Å². The van der Waals surface area contributed by atoms with Crippen LogP contribution in [0.5, 0.6) is 0 Å². The van der Waals surface area contributed by atoms with Crippen molar-refractivity contribution >= 4 is 0 Å². The molecule has 2 nitrogen and oxygen atoms in total. The third kappa shape index (κ3) is 6.72. The summed E-state index contributed by atoms with van der Waals surface area (Å²) in [5.41, 5.74) is 2.67. The van der Waals surface area contributed by atoms with Gasteiger partial charge in [0.05, 0.1) is 18.8 Å². The molecule has 1 aromatic carbocycles. The second-order valence-electron chi connectivity index (χ2n) is 6.62. The highest BCUT2D eigenvalue weighted by Crippen LogP contribution is 2.30. The summed E-state index contributed by atoms with van der Waals surface area (Å²) in [4.78, 5) is 0. The second kappa shape index (κ2) is 10.8. The van der Waals surface area contributed by atoms with E-state index >= 15 is 0 Å². The van der Waals surface area contributed by atoms with Crippen LogP contribution in [0.4, 0.5) is 0 Å². The van der Waals surface area contributed by atoms with Crippen LogP contribution in [-0.2, 0) is 17.8 Å². The number of allylic oxidation sites excluding steroid dienone is 4. The van der Waals surface area contributed by atoms with E-state index < -0.39 is 0 Å². The molecule has 128 valence electrons. The minimum Gasteiger partial charge on any atom is -0.374 e. The Labute approximate surface area is 146 Å². The van der Waals surface area contributed by atoms with Gasteiger partial charge in [-0.25, -0.2) is 0 Å². The van der Waals surface area contributed by atoms with E-state index in [2.05, 4.69) is 37.3 Å². The maximum atomic E-state index is 8.41. The van der Waals surface area contributed by atoms with Crippen molar-refractivity contribution in [2.45, 2.75) is 64.6 Å². The predicted molar refractivity (Wildman–Crippen MR) is 99.5 cm³/mol. The summed E-state index contributed by atoms with van der Waals surface area (Å²) >= 11 is 0. The summed E-state index contributed by atoms with van der Waals surface area (Å²) in [5.74, 6) is 0.832. The summed E-state index contributed by atoms with van der Waals surface area (Å²) in [6, 6.07) is 10.8. The number of nitriles is 1. The molecule has 0 saturated heterocycles. The molecule has 0 N–H and O–H groups in total. The van der Waals surface area contributed by atoms with Crippen LogP contribution in [0.2, 0.25) is 0 Å². The topological polar surface area (TPSA) is 33.0 Å². The van der Waals surface area contributed by atoms with Gasteiger partial charge in [0.2, 0.25) is 0 Å². The summed E-state index contributed by atoms with van der Waals surface area (Å²) in [6.07, 6.45) is 16.3. The largest absolute Gasteiger partial charge is 0.374 e. The third-order valence-electron chi connectivity index (χ3n) is 4.87. The first-order valence-corrected chi connectivity index (χ1v) is 9.22. The molecule has 2 rings (SSSR count). The Morgan fingerprint density at radius 1 is 1.08 bits per heavy atom. The number of hydrogen-bond donors (Lipinski definition) is 0. The number of ether oxygens (including phenoxy) is 1. The first-order valence-electron chi connectivity index (χ1n) is 9.22. The number of benzene rings is 1. The molecule has 0 spiro atoms. The lowest BCUT2D eigenvalue weighted by Crippen LogP contribution is -2.21. The normalized spacial score (nSPS) is 21.3. The maximum absolute atomic E-state index is 8.41. The quantitative estimate of drug-likeness (QED) is 0.451. The van der Waals surface area contributed by atoms with E-state index in [1.165, 1.54) is 49.3 Å². The van der Waals surface area contributed by atoms with Gasteiger partial charge in [0.15, 0.2) is 0 Å². The van der Waals surface area contributed by atoms with Crippen LogP contribution in [-0.4, -0.2) is 6.10 Å². The van der Waals surface area contributed by atoms with E-state index in [-0.39, 0.29) is 0 Å². The Bertz CT molecular complexity index is 557. The van der Waals surface area contributed by atoms with Gasteiger partial charge in [-0.15, -0.1) is 0 Å². The van der Waals surface area contributed by atoms with E-state index in [9.17, 15) is 0 Å². The fourth-order valence-corrected chi connectivity index (χ4v) is 3.28. The van der Waals surface area contributed by atoms with E-state index in [1.807, 2.05) is 12.1 Å². The van der Waals surface area contributed by atoms with Crippen molar-refractivity contribution in [2.75, 3.05) is 0 Å². The van der Waals surface area contributed by atoms with Crippen molar-refractivity contribution in [3.63, 3.8) is 0 Å². The average Bonchev–Trinajstić information content (AvgIpc) is 2.64. The molecule has 1 saturated carbocycles. The highest BCUT2D eigenvalue weighted by atomic mass is 16.5. The molecular weight excluding hydrogens is 294 g/mol. The highest BCUT2D eigenvalue weighted by Gasteiger charge is 2.21. The Morgan fingerprint density at radius 3 is 2.46 bits per heavy atom. The van der Waals surface area contributed by atoms with E-state index in [0.717, 1.165) is 25.4 Å². The molecule has 0 heterocycles. The maximum Gasteiger partial charge on any atom is 0.0912 e. The molecule has 0 aromatic heterocycles. The minimum atomic E-state index is 0.432. The SMILES string of the molecule is CCc1ccc(COC2CCC(CC/C=C/C=C/C#N)CC2)cc1. The molecule has 0 unspecified atom stereocenters. The number of hydrogen-bond acceptors (Lipinski definition) is 2. The standard InChI is InChI=1S/C22H29NO/c1-2-19-9-11-21(12-10-19)18-24-22-15-13-20(14-16-22)8-6-4-3-5-7-17-23/h3-5,7,9-12,20,22H,2,6,8,13-16,18H2,1H3/b4-3+,7-5+. The number of nitrogens with zero attached hydrogens (tertiary/aromatic N) is 1. The van der Waals surface area contributed by atoms with Crippen LogP contribution in [0.15, 0.2) is 48.6 Å². The highest BCUT2D eigenvalue weighted by molar-refractivity contribution is 5.21. The summed E-state index contributed by atoms with van der Waals surface area (Å²) in [5, 5.41) is 8.41. The number of aryl methyl sites for hydroxylation is 1. The third-order valence-corrected chi connectivity index (χ3v) is 4.87. The molecular formula is C22H29NO. The zero-order valence-electron chi connectivity index (χ0n) is 14.8. The van der Waals surface area contributed by atoms with Gasteiger partial charge in [-0.3, -0.25) is 0 Å². The van der Waals surface area contributed by atoms with E-state index in [1.54, 1.807) is 6.08 Å². The Balaban J connectivity index is 1.61. The van der Waals surface area contributed by atoms with Gasteiger partial charge in [-0.1, -0.05) is 49.4 Å². The molecule has 2 heteroatoms. The second-order valence-corrected chi connectivity index (χ2v) is 6.62. The lowest BCUT2D eigenvalue weighted by Gasteiger charge is -2.28. The number of rotatable bonds is 8. The van der Waals surface area contributed by atoms with Gasteiger partial charge in [-0.2, -0.15) is 5.26 Å². The molecule has 1 aliphatic carbocycles. The smallest absolute Gasteiger partial charge is 0.0912 e. The van der Waals surface area contributed by atoms with Gasteiger partial charge in [0.1, 0.15) is 0 Å². The fourth-order valence-electron chi connectivity index (χ4n) is 3.28. The molecule has 0 bridgehead atoms. The van der Waals surface area contributed by atoms with Crippen molar-refractivity contribution in [3.05, 3.63) is 59.7 Å². The van der Waals surface area contributed by atoms with Gasteiger partial charge < -0.3 is 4.74 Å². The molecule has 0 radical (unpaired) electrons. The van der Waals surface area contributed by atoms with Crippen molar-refractivity contribution < 1.29 is 4.74 Å². The average molecular weight is 323 g/mol. The molecule has 0 atom stereocenters. The monoisotopic (exact) mass is 323 g/mol. The first-order chi connectivity index (χ1) is 11.8. The molecule has 0 aliphatic heterocycles. The fraction of sp³-hybridized carbons (Fsp3) is 0.500. The lowest BCUT2D eigenvalue weighted by atomic mass is 9.84. The zero-order chi connectivity index (χ0) is 17.0. The van der Waals surface area contributed by atoms with Gasteiger partial charge in [0, 0.05) is 6.08 Å². The summed E-state index contributed by atoms with van der Waals surface area (Å²) in [6.45, 7) is 2.93. The Kier molecular flexibility index (Phi) is 8.35. The van der Waals surface area contributed by atoms with Crippen LogP contribution in [0.3, 0.4) is 0 Å². The van der Waals surface area contributed by atoms with Crippen LogP contribution in [0.1, 0.15) is 56.6 Å². The van der Waals surface area contributed by atoms with Crippen LogP contribution < -0.4 is 0 Å². The molecule has 24 heavy (non-hydrogen) atoms. The molecule has 0 amide bonds. The molecule has 1 fully saturated rings. The van der Waals surface area contributed by atoms with Crippen molar-refractivity contribution in [1.82, 2.24) is 0 Å². The van der Waals surface area contributed by atoms with Crippen molar-refractivity contribution in [2.24, 2.45) is 5.92 Å². The summed E-state index contributed by atoms with van der Waals surface area (Å²) < 4.78 is 6.11. The lowest BCUT2D eigenvalue weighted by molar-refractivity contribution is 0.00646. The molecule has 1 aliphatic rings. The van der Waals surface area contributed by atoms with E-state index in [4.69, 9.17) is 10.00 Å². The van der Waals surface area contributed by atoms with Crippen LogP contribution in [0.25, 0.3) is 0 Å². The van der Waals surface area contributed by atoms with Crippen molar-refractivity contribution in [3.8, 4) is 6.07 Å². The molecule has 1 aromatic rings. The zero-order valence-corrected chi connectivity index (χ0v) is 14.8. The summed E-state index contributed by atoms with van der Waals surface area (Å²) in [7, 11) is 0. The van der Waals surface area contributed by atoms with E-state index in [0.29, 0.717) is 6.10 Å². The van der Waals surface area contributed by atoms with Crippen LogP contribution in [0, 0.1) is 17.2 Å². The Morgan fingerprint density at radius 2 is 1.79 bits per heavy atom.